The molecular weight excluding hydrogens is 276 g/mol. The Labute approximate surface area is 123 Å². The Morgan fingerprint density at radius 3 is 2.20 bits per heavy atom. The monoisotopic (exact) mass is 290 g/mol. The van der Waals surface area contributed by atoms with Crippen LogP contribution in [0.5, 0.6) is 0 Å². The zero-order valence-corrected chi connectivity index (χ0v) is 11.7. The van der Waals surface area contributed by atoms with Gasteiger partial charge in [-0.3, -0.25) is 4.79 Å². The van der Waals surface area contributed by atoms with E-state index in [0.717, 1.165) is 5.69 Å². The molecule has 6 heteroatoms. The van der Waals surface area contributed by atoms with E-state index in [-0.39, 0.29) is 25.3 Å². The molecule has 1 aromatic rings. The lowest BCUT2D eigenvalue weighted by molar-refractivity contribution is -0.129. The van der Waals surface area contributed by atoms with E-state index in [0.29, 0.717) is 18.1 Å². The SMILES string of the molecule is N#CCCN(CCC#N)C(=O)CNc1ccc(Cl)cc1. The summed E-state index contributed by atoms with van der Waals surface area (Å²) in [4.78, 5) is 13.5. The van der Waals surface area contributed by atoms with Gasteiger partial charge in [0.1, 0.15) is 0 Å². The van der Waals surface area contributed by atoms with Gasteiger partial charge in [0.2, 0.25) is 5.91 Å². The van der Waals surface area contributed by atoms with Gasteiger partial charge in [-0.05, 0) is 24.3 Å². The Morgan fingerprint density at radius 2 is 1.70 bits per heavy atom. The summed E-state index contributed by atoms with van der Waals surface area (Å²) in [6.07, 6.45) is 0.524. The first-order valence-electron chi connectivity index (χ1n) is 6.18. The third kappa shape index (κ3) is 5.60. The maximum atomic E-state index is 12.0. The van der Waals surface area contributed by atoms with Gasteiger partial charge in [-0.25, -0.2) is 0 Å². The van der Waals surface area contributed by atoms with Crippen molar-refractivity contribution in [2.45, 2.75) is 12.8 Å². The minimum atomic E-state index is -0.134. The Kier molecular flexibility index (Phi) is 6.95. The Morgan fingerprint density at radius 1 is 1.15 bits per heavy atom. The Balaban J connectivity index is 2.50. The second-order valence-electron chi connectivity index (χ2n) is 4.06. The summed E-state index contributed by atoms with van der Waals surface area (Å²) in [7, 11) is 0. The van der Waals surface area contributed by atoms with Gasteiger partial charge in [0.05, 0.1) is 31.5 Å². The molecule has 0 bridgehead atoms. The van der Waals surface area contributed by atoms with Gasteiger partial charge >= 0.3 is 0 Å². The molecule has 0 saturated heterocycles. The summed E-state index contributed by atoms with van der Waals surface area (Å²) in [5.74, 6) is -0.134. The fourth-order valence-corrected chi connectivity index (χ4v) is 1.71. The highest BCUT2D eigenvalue weighted by Crippen LogP contribution is 2.13. The van der Waals surface area contributed by atoms with Crippen molar-refractivity contribution >= 4 is 23.2 Å². The molecule has 0 heterocycles. The van der Waals surface area contributed by atoms with Crippen molar-refractivity contribution in [3.8, 4) is 12.1 Å². The van der Waals surface area contributed by atoms with Gasteiger partial charge in [0.25, 0.3) is 0 Å². The Bertz CT molecular complexity index is 497. The van der Waals surface area contributed by atoms with E-state index in [2.05, 4.69) is 5.32 Å². The number of anilines is 1. The highest BCUT2D eigenvalue weighted by atomic mass is 35.5. The summed E-state index contributed by atoms with van der Waals surface area (Å²) in [6, 6.07) is 11.0. The number of carbonyl (C=O) groups excluding carboxylic acids is 1. The minimum absolute atomic E-state index is 0.124. The smallest absolute Gasteiger partial charge is 0.241 e. The molecule has 1 N–H and O–H groups in total. The third-order valence-electron chi connectivity index (χ3n) is 2.63. The number of benzene rings is 1. The number of hydrogen-bond acceptors (Lipinski definition) is 4. The molecule has 1 amide bonds. The molecule has 0 aliphatic rings. The predicted octanol–water partition coefficient (Wildman–Crippen LogP) is 2.41. The third-order valence-corrected chi connectivity index (χ3v) is 2.88. The number of amides is 1. The van der Waals surface area contributed by atoms with Crippen LogP contribution in [0.3, 0.4) is 0 Å². The lowest BCUT2D eigenvalue weighted by Gasteiger charge is -2.20. The van der Waals surface area contributed by atoms with Crippen molar-refractivity contribution in [2.75, 3.05) is 25.0 Å². The fraction of sp³-hybridized carbons (Fsp3) is 0.357. The highest BCUT2D eigenvalue weighted by molar-refractivity contribution is 6.30. The van der Waals surface area contributed by atoms with E-state index in [1.165, 1.54) is 4.90 Å². The summed E-state index contributed by atoms with van der Waals surface area (Å²) < 4.78 is 0. The zero-order chi connectivity index (χ0) is 14.8. The van der Waals surface area contributed by atoms with Crippen LogP contribution in [0, 0.1) is 22.7 Å². The van der Waals surface area contributed by atoms with Crippen molar-refractivity contribution in [1.82, 2.24) is 4.90 Å². The molecule has 104 valence electrons. The van der Waals surface area contributed by atoms with Crippen molar-refractivity contribution in [2.24, 2.45) is 0 Å². The molecule has 20 heavy (non-hydrogen) atoms. The van der Waals surface area contributed by atoms with Crippen LogP contribution < -0.4 is 5.32 Å². The maximum Gasteiger partial charge on any atom is 0.241 e. The lowest BCUT2D eigenvalue weighted by Crippen LogP contribution is -2.36. The highest BCUT2D eigenvalue weighted by Gasteiger charge is 2.12. The number of halogens is 1. The molecule has 5 nitrogen and oxygen atoms in total. The van der Waals surface area contributed by atoms with Gasteiger partial charge in [0.15, 0.2) is 0 Å². The summed E-state index contributed by atoms with van der Waals surface area (Å²) in [5, 5.41) is 20.8. The first-order chi connectivity index (χ1) is 9.67. The van der Waals surface area contributed by atoms with E-state index >= 15 is 0 Å². The molecule has 0 fully saturated rings. The number of nitrogens with zero attached hydrogens (tertiary/aromatic N) is 3. The van der Waals surface area contributed by atoms with E-state index < -0.39 is 0 Å². The minimum Gasteiger partial charge on any atom is -0.376 e. The van der Waals surface area contributed by atoms with Crippen LogP contribution >= 0.6 is 11.6 Å². The van der Waals surface area contributed by atoms with Crippen LogP contribution in [-0.2, 0) is 4.79 Å². The summed E-state index contributed by atoms with van der Waals surface area (Å²) in [6.45, 7) is 0.817. The summed E-state index contributed by atoms with van der Waals surface area (Å²) in [5.41, 5.74) is 0.795. The van der Waals surface area contributed by atoms with Gasteiger partial charge in [-0.1, -0.05) is 11.6 Å². The van der Waals surface area contributed by atoms with E-state index in [9.17, 15) is 4.79 Å². The van der Waals surface area contributed by atoms with Crippen LogP contribution in [0.25, 0.3) is 0 Å². The average molecular weight is 291 g/mol. The number of rotatable bonds is 7. The Hall–Kier alpha value is -2.24. The number of hydrogen-bond donors (Lipinski definition) is 1. The van der Waals surface area contributed by atoms with Crippen LogP contribution in [0.2, 0.25) is 5.02 Å². The standard InChI is InChI=1S/C14H15ClN4O/c15-12-3-5-13(6-4-12)18-11-14(20)19(9-1-7-16)10-2-8-17/h3-6,18H,1-2,9-11H2. The van der Waals surface area contributed by atoms with E-state index in [1.54, 1.807) is 24.3 Å². The van der Waals surface area contributed by atoms with Crippen molar-refractivity contribution < 1.29 is 4.79 Å². The van der Waals surface area contributed by atoms with Gasteiger partial charge in [-0.15, -0.1) is 0 Å². The second kappa shape index (κ2) is 8.79. The first kappa shape index (κ1) is 15.8. The lowest BCUT2D eigenvalue weighted by atomic mass is 10.3. The first-order valence-corrected chi connectivity index (χ1v) is 6.56. The molecule has 0 aliphatic carbocycles. The quantitative estimate of drug-likeness (QED) is 0.836. The van der Waals surface area contributed by atoms with Crippen LogP contribution in [0.4, 0.5) is 5.69 Å². The van der Waals surface area contributed by atoms with Gasteiger partial charge < -0.3 is 10.2 Å². The average Bonchev–Trinajstić information content (AvgIpc) is 2.46. The molecule has 0 aliphatic heterocycles. The normalized spacial score (nSPS) is 9.35. The molecule has 0 atom stereocenters. The molecule has 0 aromatic heterocycles. The zero-order valence-electron chi connectivity index (χ0n) is 11.0. The molecule has 0 spiro atoms. The fourth-order valence-electron chi connectivity index (χ4n) is 1.59. The number of carbonyl (C=O) groups is 1. The van der Waals surface area contributed by atoms with Crippen molar-refractivity contribution in [3.05, 3.63) is 29.3 Å². The largest absolute Gasteiger partial charge is 0.376 e. The molecular formula is C14H15ClN4O. The topological polar surface area (TPSA) is 79.9 Å². The van der Waals surface area contributed by atoms with Gasteiger partial charge in [-0.2, -0.15) is 10.5 Å². The number of nitriles is 2. The molecule has 0 saturated carbocycles. The molecule has 1 rings (SSSR count). The molecule has 0 radical (unpaired) electrons. The number of nitrogens with one attached hydrogen (secondary N) is 1. The van der Waals surface area contributed by atoms with Crippen molar-refractivity contribution in [1.29, 1.82) is 10.5 Å². The van der Waals surface area contributed by atoms with Gasteiger partial charge in [0, 0.05) is 23.8 Å². The van der Waals surface area contributed by atoms with Crippen LogP contribution in [-0.4, -0.2) is 30.4 Å². The van der Waals surface area contributed by atoms with Crippen LogP contribution in [0.15, 0.2) is 24.3 Å². The molecule has 0 unspecified atom stereocenters. The second-order valence-corrected chi connectivity index (χ2v) is 4.49. The predicted molar refractivity (Wildman–Crippen MR) is 77.0 cm³/mol. The van der Waals surface area contributed by atoms with E-state index in [4.69, 9.17) is 22.1 Å². The molecule has 1 aromatic carbocycles. The van der Waals surface area contributed by atoms with E-state index in [1.807, 2.05) is 12.1 Å². The maximum absolute atomic E-state index is 12.0. The van der Waals surface area contributed by atoms with Crippen molar-refractivity contribution in [3.63, 3.8) is 0 Å². The van der Waals surface area contributed by atoms with Crippen LogP contribution in [0.1, 0.15) is 12.8 Å². The summed E-state index contributed by atoms with van der Waals surface area (Å²) >= 11 is 5.78.